The highest BCUT2D eigenvalue weighted by Gasteiger charge is 2.20. The minimum Gasteiger partial charge on any atom is -0.309 e. The Morgan fingerprint density at radius 1 is 0.559 bits per heavy atom. The zero-order valence-corrected chi connectivity index (χ0v) is 18.2. The molecule has 0 N–H and O–H groups in total. The van der Waals surface area contributed by atoms with Crippen LogP contribution in [0.25, 0.3) is 65.8 Å². The van der Waals surface area contributed by atoms with Crippen LogP contribution < -0.4 is 0 Å². The fourth-order valence-corrected chi connectivity index (χ4v) is 5.59. The van der Waals surface area contributed by atoms with Crippen molar-refractivity contribution < 1.29 is 0 Å². The minimum atomic E-state index is 0.955. The van der Waals surface area contributed by atoms with E-state index in [4.69, 9.17) is 4.98 Å². The highest BCUT2D eigenvalue weighted by atomic mass is 15.0. The molecule has 4 heterocycles. The maximum absolute atomic E-state index is 5.07. The molecule has 8 aromatic rings. The van der Waals surface area contributed by atoms with Crippen molar-refractivity contribution in [3.05, 3.63) is 109 Å². The second-order valence-electron chi connectivity index (χ2n) is 8.72. The molecule has 4 heteroatoms. The summed E-state index contributed by atoms with van der Waals surface area (Å²) in [5, 5.41) is 6.08. The highest BCUT2D eigenvalue weighted by Crippen LogP contribution is 2.41. The van der Waals surface area contributed by atoms with Gasteiger partial charge in [-0.3, -0.25) is 9.38 Å². The van der Waals surface area contributed by atoms with E-state index >= 15 is 0 Å². The van der Waals surface area contributed by atoms with E-state index in [1.807, 2.05) is 18.5 Å². The number of benzene rings is 4. The van der Waals surface area contributed by atoms with Gasteiger partial charge in [0.1, 0.15) is 5.65 Å². The number of fused-ring (bicyclic) bond motifs is 12. The topological polar surface area (TPSA) is 35.1 Å². The summed E-state index contributed by atoms with van der Waals surface area (Å²) < 4.78 is 4.65. The Morgan fingerprint density at radius 2 is 1.29 bits per heavy atom. The number of aromatic nitrogens is 4. The van der Waals surface area contributed by atoms with E-state index in [1.54, 1.807) is 0 Å². The lowest BCUT2D eigenvalue weighted by atomic mass is 10.0. The van der Waals surface area contributed by atoms with Gasteiger partial charge in [-0.2, -0.15) is 0 Å². The summed E-state index contributed by atoms with van der Waals surface area (Å²) >= 11 is 0. The molecule has 0 saturated carbocycles. The van der Waals surface area contributed by atoms with E-state index in [-0.39, 0.29) is 0 Å². The van der Waals surface area contributed by atoms with Gasteiger partial charge in [0, 0.05) is 38.8 Å². The Labute approximate surface area is 194 Å². The third-order valence-corrected chi connectivity index (χ3v) is 6.96. The van der Waals surface area contributed by atoms with Crippen molar-refractivity contribution >= 4 is 60.2 Å². The number of pyridine rings is 2. The molecular weight excluding hydrogens is 416 g/mol. The van der Waals surface area contributed by atoms with Gasteiger partial charge in [0.25, 0.3) is 0 Å². The lowest BCUT2D eigenvalue weighted by molar-refractivity contribution is 1.19. The molecule has 0 fully saturated rings. The van der Waals surface area contributed by atoms with Crippen LogP contribution in [0.1, 0.15) is 0 Å². The molecule has 0 amide bonds. The monoisotopic (exact) mass is 434 g/mol. The summed E-state index contributed by atoms with van der Waals surface area (Å²) in [5.41, 5.74) is 7.66. The first-order valence-corrected chi connectivity index (χ1v) is 11.4. The fraction of sp³-hybridized carbons (Fsp3) is 0. The summed E-state index contributed by atoms with van der Waals surface area (Å²) in [7, 11) is 0. The number of hydrogen-bond donors (Lipinski definition) is 0. The van der Waals surface area contributed by atoms with Crippen molar-refractivity contribution in [3.63, 3.8) is 0 Å². The summed E-state index contributed by atoms with van der Waals surface area (Å²) in [6.07, 6.45) is 3.72. The molecule has 8 rings (SSSR count). The van der Waals surface area contributed by atoms with Crippen molar-refractivity contribution in [1.29, 1.82) is 0 Å². The van der Waals surface area contributed by atoms with Crippen molar-refractivity contribution in [3.8, 4) is 5.69 Å². The van der Waals surface area contributed by atoms with Gasteiger partial charge in [-0.15, -0.1) is 0 Å². The second kappa shape index (κ2) is 6.42. The molecule has 0 unspecified atom stereocenters. The average Bonchev–Trinajstić information content (AvgIpc) is 3.46. The lowest BCUT2D eigenvalue weighted by Crippen LogP contribution is -1.96. The van der Waals surface area contributed by atoms with Gasteiger partial charge in [-0.25, -0.2) is 4.98 Å². The van der Waals surface area contributed by atoms with Gasteiger partial charge >= 0.3 is 0 Å². The van der Waals surface area contributed by atoms with Gasteiger partial charge in [-0.1, -0.05) is 60.7 Å². The first-order chi connectivity index (χ1) is 16.9. The maximum Gasteiger partial charge on any atom is 0.146 e. The van der Waals surface area contributed by atoms with Crippen LogP contribution in [0.4, 0.5) is 0 Å². The fourth-order valence-electron chi connectivity index (χ4n) is 5.59. The van der Waals surface area contributed by atoms with Crippen LogP contribution in [0.2, 0.25) is 0 Å². The average molecular weight is 435 g/mol. The summed E-state index contributed by atoms with van der Waals surface area (Å²) in [5.74, 6) is 0. The second-order valence-corrected chi connectivity index (χ2v) is 8.72. The number of hydrogen-bond acceptors (Lipinski definition) is 2. The standard InChI is InChI=1S/C30H18N4/c1-2-8-19(9-3-1)33-25-12-6-4-10-20(25)21-14-15-23-28(29(21)33)22-11-5-7-13-26(22)34-27-18-31-17-16-24(27)32-30(23)34/h1-18H. The molecule has 0 aliphatic carbocycles. The predicted octanol–water partition coefficient (Wildman–Crippen LogP) is 7.29. The van der Waals surface area contributed by atoms with Crippen molar-refractivity contribution in [2.75, 3.05) is 0 Å². The molecule has 4 nitrogen and oxygen atoms in total. The smallest absolute Gasteiger partial charge is 0.146 e. The normalized spacial score (nSPS) is 12.1. The molecule has 0 aliphatic rings. The molecule has 4 aromatic carbocycles. The summed E-state index contributed by atoms with van der Waals surface area (Å²) in [4.78, 5) is 9.46. The number of rotatable bonds is 1. The van der Waals surface area contributed by atoms with E-state index in [0.29, 0.717) is 0 Å². The van der Waals surface area contributed by atoms with E-state index in [0.717, 1.165) is 33.3 Å². The third-order valence-electron chi connectivity index (χ3n) is 6.96. The van der Waals surface area contributed by atoms with Crippen molar-refractivity contribution in [1.82, 2.24) is 18.9 Å². The molecular formula is C30H18N4. The Morgan fingerprint density at radius 3 is 2.18 bits per heavy atom. The van der Waals surface area contributed by atoms with Crippen LogP contribution in [0, 0.1) is 0 Å². The van der Waals surface area contributed by atoms with Crippen LogP contribution in [0.15, 0.2) is 109 Å². The van der Waals surface area contributed by atoms with Crippen LogP contribution in [-0.4, -0.2) is 18.9 Å². The van der Waals surface area contributed by atoms with Crippen molar-refractivity contribution in [2.45, 2.75) is 0 Å². The van der Waals surface area contributed by atoms with E-state index in [2.05, 4.69) is 105 Å². The number of nitrogens with zero attached hydrogens (tertiary/aromatic N) is 4. The SMILES string of the molecule is c1ccc(-n2c3ccccc3c3ccc4c(c5ccccc5n5c6cnccc6nc45)c32)cc1. The van der Waals surface area contributed by atoms with Gasteiger partial charge < -0.3 is 4.57 Å². The molecule has 0 saturated heterocycles. The molecule has 4 aromatic heterocycles. The van der Waals surface area contributed by atoms with Gasteiger partial charge in [0.2, 0.25) is 0 Å². The molecule has 0 atom stereocenters. The van der Waals surface area contributed by atoms with Crippen LogP contribution in [0.3, 0.4) is 0 Å². The first kappa shape index (κ1) is 17.8. The van der Waals surface area contributed by atoms with Crippen LogP contribution in [-0.2, 0) is 0 Å². The lowest BCUT2D eigenvalue weighted by Gasteiger charge is -2.13. The van der Waals surface area contributed by atoms with Crippen molar-refractivity contribution in [2.24, 2.45) is 0 Å². The number of imidazole rings is 1. The van der Waals surface area contributed by atoms with Crippen LogP contribution >= 0.6 is 0 Å². The maximum atomic E-state index is 5.07. The highest BCUT2D eigenvalue weighted by molar-refractivity contribution is 6.27. The number of para-hydroxylation sites is 3. The van der Waals surface area contributed by atoms with E-state index in [9.17, 15) is 0 Å². The molecule has 34 heavy (non-hydrogen) atoms. The zero-order valence-electron chi connectivity index (χ0n) is 18.2. The van der Waals surface area contributed by atoms with E-state index in [1.165, 1.54) is 32.6 Å². The van der Waals surface area contributed by atoms with Crippen LogP contribution in [0.5, 0.6) is 0 Å². The van der Waals surface area contributed by atoms with Gasteiger partial charge in [-0.05, 0) is 36.4 Å². The van der Waals surface area contributed by atoms with E-state index < -0.39 is 0 Å². The molecule has 158 valence electrons. The van der Waals surface area contributed by atoms with Gasteiger partial charge in [0.15, 0.2) is 0 Å². The molecule has 0 aliphatic heterocycles. The Bertz CT molecular complexity index is 2060. The molecule has 0 radical (unpaired) electrons. The summed E-state index contributed by atoms with van der Waals surface area (Å²) in [6, 6.07) is 34.4. The Kier molecular flexibility index (Phi) is 3.36. The van der Waals surface area contributed by atoms with Gasteiger partial charge in [0.05, 0.1) is 33.8 Å². The Balaban J connectivity index is 1.73. The predicted molar refractivity (Wildman–Crippen MR) is 140 cm³/mol. The summed E-state index contributed by atoms with van der Waals surface area (Å²) in [6.45, 7) is 0. The molecule has 0 bridgehead atoms. The Hall–Kier alpha value is -4.70. The first-order valence-electron chi connectivity index (χ1n) is 11.4. The zero-order chi connectivity index (χ0) is 22.2. The largest absolute Gasteiger partial charge is 0.309 e. The quantitative estimate of drug-likeness (QED) is 0.254. The minimum absolute atomic E-state index is 0.955. The molecule has 0 spiro atoms. The third kappa shape index (κ3) is 2.17.